The van der Waals surface area contributed by atoms with Gasteiger partial charge in [-0.05, 0) is 100 Å². The van der Waals surface area contributed by atoms with Crippen LogP contribution < -0.4 is 4.74 Å². The Labute approximate surface area is 228 Å². The van der Waals surface area contributed by atoms with Crippen LogP contribution in [-0.2, 0) is 22.0 Å². The quantitative estimate of drug-likeness (QED) is 0.452. The lowest BCUT2D eigenvalue weighted by molar-refractivity contribution is -0.0355. The van der Waals surface area contributed by atoms with Crippen LogP contribution in [0, 0.1) is 0 Å². The molecule has 0 N–H and O–H groups in total. The number of likely N-dealkylation sites (tertiary alicyclic amines) is 2. The normalized spacial score (nSPS) is 22.4. The molecule has 2 saturated heterocycles. The van der Waals surface area contributed by atoms with Crippen molar-refractivity contribution in [3.63, 3.8) is 0 Å². The summed E-state index contributed by atoms with van der Waals surface area (Å²) in [5.41, 5.74) is 4.33. The van der Waals surface area contributed by atoms with Gasteiger partial charge in [0, 0.05) is 31.7 Å². The van der Waals surface area contributed by atoms with Crippen molar-refractivity contribution in [2.24, 2.45) is 0 Å². The van der Waals surface area contributed by atoms with Crippen molar-refractivity contribution >= 4 is 9.84 Å². The zero-order valence-electron chi connectivity index (χ0n) is 23.2. The minimum atomic E-state index is -3.23. The van der Waals surface area contributed by atoms with Gasteiger partial charge < -0.3 is 9.64 Å². The molecule has 3 aliphatic heterocycles. The molecule has 0 unspecified atom stereocenters. The Bertz CT molecular complexity index is 1230. The molecule has 0 amide bonds. The maximum Gasteiger partial charge on any atom is 0.154 e. The molecule has 2 fully saturated rings. The molecule has 2 aromatic carbocycles. The van der Waals surface area contributed by atoms with E-state index in [1.165, 1.54) is 5.56 Å². The number of ether oxygens (including phenoxy) is 1. The summed E-state index contributed by atoms with van der Waals surface area (Å²) < 4.78 is 45.6. The summed E-state index contributed by atoms with van der Waals surface area (Å²) in [7, 11) is -3.23. The van der Waals surface area contributed by atoms with Gasteiger partial charge in [-0.25, -0.2) is 12.8 Å². The van der Waals surface area contributed by atoms with E-state index in [4.69, 9.17) is 4.74 Å². The molecule has 3 heterocycles. The largest absolute Gasteiger partial charge is 0.487 e. The average molecular weight is 543 g/mol. The summed E-state index contributed by atoms with van der Waals surface area (Å²) in [5.74, 6) is 1.17. The zero-order chi connectivity index (χ0) is 27.0. The number of rotatable bonds is 7. The first kappa shape index (κ1) is 27.6. The van der Waals surface area contributed by atoms with Crippen molar-refractivity contribution in [2.75, 3.05) is 38.5 Å². The monoisotopic (exact) mass is 542 g/mol. The summed E-state index contributed by atoms with van der Waals surface area (Å²) in [4.78, 5) is 4.58. The van der Waals surface area contributed by atoms with Crippen molar-refractivity contribution < 1.29 is 17.5 Å². The number of sulfone groups is 1. The molecular formula is C31H43FN2O3S. The third-order valence-electron chi connectivity index (χ3n) is 8.65. The summed E-state index contributed by atoms with van der Waals surface area (Å²) in [5, 5.41) is 0. The Kier molecular flexibility index (Phi) is 7.92. The Hall–Kier alpha value is -1.96. The topological polar surface area (TPSA) is 49.9 Å². The molecule has 5 rings (SSSR count). The van der Waals surface area contributed by atoms with E-state index in [-0.39, 0.29) is 22.6 Å². The first-order valence-corrected chi connectivity index (χ1v) is 16.1. The highest BCUT2D eigenvalue weighted by Gasteiger charge is 2.41. The van der Waals surface area contributed by atoms with Gasteiger partial charge in [-0.15, -0.1) is 0 Å². The molecule has 1 spiro atoms. The van der Waals surface area contributed by atoms with Crippen LogP contribution in [0.2, 0.25) is 0 Å². The molecule has 3 aliphatic rings. The fourth-order valence-corrected chi connectivity index (χ4v) is 7.70. The van der Waals surface area contributed by atoms with Gasteiger partial charge in [0.15, 0.2) is 9.84 Å². The standard InChI is InChI=1S/C31H43FN2O3S/c1-30(2,3)34-17-13-31(14-18-34)12-10-27-21-26(8-9-29(27)37-31)25-7-4-6-24(20-25)23-38(35,36)19-5-15-33-16-11-28(32)22-33/h4,6-9,20-21,28H,5,10-19,22-23H2,1-3H3/t28-/m0/s1. The molecule has 38 heavy (non-hydrogen) atoms. The number of hydrogen-bond donors (Lipinski definition) is 0. The van der Waals surface area contributed by atoms with E-state index in [0.717, 1.165) is 67.8 Å². The van der Waals surface area contributed by atoms with Gasteiger partial charge in [-0.3, -0.25) is 4.90 Å². The Morgan fingerprint density at radius 1 is 1.03 bits per heavy atom. The average Bonchev–Trinajstić information content (AvgIpc) is 3.28. The molecule has 0 radical (unpaired) electrons. The minimum Gasteiger partial charge on any atom is -0.487 e. The predicted octanol–water partition coefficient (Wildman–Crippen LogP) is 5.66. The number of benzene rings is 2. The van der Waals surface area contributed by atoms with E-state index in [0.29, 0.717) is 25.9 Å². The number of aryl methyl sites for hydroxylation is 1. The van der Waals surface area contributed by atoms with Crippen molar-refractivity contribution in [2.45, 2.75) is 82.4 Å². The van der Waals surface area contributed by atoms with Crippen molar-refractivity contribution in [3.8, 4) is 16.9 Å². The van der Waals surface area contributed by atoms with Gasteiger partial charge in [0.1, 0.15) is 17.5 Å². The van der Waals surface area contributed by atoms with E-state index in [9.17, 15) is 12.8 Å². The molecule has 208 valence electrons. The lowest BCUT2D eigenvalue weighted by Crippen LogP contribution is -2.54. The number of hydrogen-bond acceptors (Lipinski definition) is 5. The van der Waals surface area contributed by atoms with Crippen LogP contribution in [0.25, 0.3) is 11.1 Å². The van der Waals surface area contributed by atoms with Crippen LogP contribution in [0.3, 0.4) is 0 Å². The summed E-state index contributed by atoms with van der Waals surface area (Å²) in [6.45, 7) is 10.8. The van der Waals surface area contributed by atoms with Crippen LogP contribution in [0.1, 0.15) is 64.0 Å². The second-order valence-corrected chi connectivity index (χ2v) is 14.8. The first-order chi connectivity index (χ1) is 18.0. The van der Waals surface area contributed by atoms with E-state index < -0.39 is 16.0 Å². The summed E-state index contributed by atoms with van der Waals surface area (Å²) >= 11 is 0. The Morgan fingerprint density at radius 2 is 1.79 bits per heavy atom. The van der Waals surface area contributed by atoms with Gasteiger partial charge in [0.05, 0.1) is 11.5 Å². The number of piperidine rings is 1. The molecule has 5 nitrogen and oxygen atoms in total. The highest BCUT2D eigenvalue weighted by atomic mass is 32.2. The lowest BCUT2D eigenvalue weighted by atomic mass is 9.81. The van der Waals surface area contributed by atoms with Crippen molar-refractivity contribution in [3.05, 3.63) is 53.6 Å². The molecule has 0 bridgehead atoms. The highest BCUT2D eigenvalue weighted by molar-refractivity contribution is 7.90. The summed E-state index contributed by atoms with van der Waals surface area (Å²) in [6.07, 6.45) is 4.53. The second kappa shape index (κ2) is 10.9. The second-order valence-electron chi connectivity index (χ2n) is 12.6. The van der Waals surface area contributed by atoms with E-state index >= 15 is 0 Å². The van der Waals surface area contributed by atoms with E-state index in [1.54, 1.807) is 0 Å². The van der Waals surface area contributed by atoms with E-state index in [1.807, 2.05) is 29.2 Å². The van der Waals surface area contributed by atoms with Crippen molar-refractivity contribution in [1.82, 2.24) is 9.80 Å². The number of alkyl halides is 1. The fraction of sp³-hybridized carbons (Fsp3) is 0.613. The Morgan fingerprint density at radius 3 is 2.50 bits per heavy atom. The van der Waals surface area contributed by atoms with E-state index in [2.05, 4.69) is 43.9 Å². The van der Waals surface area contributed by atoms with Crippen LogP contribution in [0.5, 0.6) is 5.75 Å². The molecule has 0 saturated carbocycles. The minimum absolute atomic E-state index is 0.0364. The van der Waals surface area contributed by atoms with Gasteiger partial charge >= 0.3 is 0 Å². The smallest absolute Gasteiger partial charge is 0.154 e. The number of fused-ring (bicyclic) bond motifs is 1. The lowest BCUT2D eigenvalue weighted by Gasteiger charge is -2.48. The van der Waals surface area contributed by atoms with Crippen LogP contribution in [0.15, 0.2) is 42.5 Å². The zero-order valence-corrected chi connectivity index (χ0v) is 24.0. The maximum absolute atomic E-state index is 13.4. The molecule has 1 atom stereocenters. The van der Waals surface area contributed by atoms with Gasteiger partial charge in [-0.2, -0.15) is 0 Å². The predicted molar refractivity (Wildman–Crippen MR) is 152 cm³/mol. The fourth-order valence-electron chi connectivity index (χ4n) is 6.30. The molecule has 7 heteroatoms. The van der Waals surface area contributed by atoms with Crippen LogP contribution >= 0.6 is 0 Å². The first-order valence-electron chi connectivity index (χ1n) is 14.2. The third kappa shape index (κ3) is 6.60. The highest BCUT2D eigenvalue weighted by Crippen LogP contribution is 2.41. The van der Waals surface area contributed by atoms with Crippen molar-refractivity contribution in [1.29, 1.82) is 0 Å². The molecule has 0 aliphatic carbocycles. The Balaban J connectivity index is 1.20. The van der Waals surface area contributed by atoms with Gasteiger partial charge in [-0.1, -0.05) is 30.3 Å². The van der Waals surface area contributed by atoms with Crippen LogP contribution in [-0.4, -0.2) is 74.0 Å². The molecule has 2 aromatic rings. The molecular weight excluding hydrogens is 499 g/mol. The third-order valence-corrected chi connectivity index (χ3v) is 10.3. The number of halogens is 1. The van der Waals surface area contributed by atoms with Crippen LogP contribution in [0.4, 0.5) is 4.39 Å². The molecule has 0 aromatic heterocycles. The number of nitrogens with zero attached hydrogens (tertiary/aromatic N) is 2. The SMILES string of the molecule is CC(C)(C)N1CCC2(CCc3cc(-c4cccc(CS(=O)(=O)CCCN5CC[C@H](F)C5)c4)ccc3O2)CC1. The summed E-state index contributed by atoms with van der Waals surface area (Å²) in [6, 6.07) is 14.3. The van der Waals surface area contributed by atoms with Gasteiger partial charge in [0.25, 0.3) is 0 Å². The van der Waals surface area contributed by atoms with Gasteiger partial charge in [0.2, 0.25) is 0 Å². The maximum atomic E-state index is 13.4.